The maximum atomic E-state index is 13.1. The van der Waals surface area contributed by atoms with Gasteiger partial charge in [-0.2, -0.15) is 31.4 Å². The summed E-state index contributed by atoms with van der Waals surface area (Å²) in [6, 6.07) is 58.1. The van der Waals surface area contributed by atoms with E-state index in [4.69, 9.17) is 9.84 Å². The number of nitrogens with zero attached hydrogens (tertiary/aromatic N) is 32. The van der Waals surface area contributed by atoms with Crippen molar-refractivity contribution >= 4 is 16.7 Å². The Bertz CT molecular complexity index is 6660. The van der Waals surface area contributed by atoms with Crippen LogP contribution in [0.3, 0.4) is 0 Å². The molecule has 0 N–H and O–H groups in total. The Morgan fingerprint density at radius 3 is 1.13 bits per heavy atom. The molecular weight excluding hydrogens is 2520 g/mol. The predicted octanol–water partition coefficient (Wildman–Crippen LogP) is 13.9. The number of hydrogen-bond donors (Lipinski definition) is 0. The second-order valence-corrected chi connectivity index (χ2v) is 31.3. The number of carbonyl (C=O) groups is 1. The van der Waals surface area contributed by atoms with E-state index < -0.39 is 29.7 Å². The maximum Gasteiger partial charge on any atom is 2.00 e. The van der Waals surface area contributed by atoms with Gasteiger partial charge in [-0.25, -0.2) is 4.79 Å². The topological polar surface area (TPSA) is 422 Å². The first kappa shape index (κ1) is 103. The second kappa shape index (κ2) is 45.6. The molecule has 3 atom stereocenters. The van der Waals surface area contributed by atoms with Gasteiger partial charge >= 0.3 is 114 Å². The first-order valence-corrected chi connectivity index (χ1v) is 41.8. The summed E-state index contributed by atoms with van der Waals surface area (Å²) in [4.78, 5) is 61.6. The quantitative estimate of drug-likeness (QED) is 0.0774. The Morgan fingerprint density at radius 1 is 0.396 bits per heavy atom. The van der Waals surface area contributed by atoms with Crippen LogP contribution in [0, 0.1) is 47.0 Å². The van der Waals surface area contributed by atoms with Crippen molar-refractivity contribution in [2.24, 2.45) is 5.41 Å². The van der Waals surface area contributed by atoms with Gasteiger partial charge in [-0.1, -0.05) is 148 Å². The largest absolute Gasteiger partial charge is 2.00 e. The van der Waals surface area contributed by atoms with Gasteiger partial charge in [-0.05, 0) is 180 Å². The van der Waals surface area contributed by atoms with Crippen molar-refractivity contribution in [3.63, 3.8) is 0 Å². The standard InChI is InChI=1S/C27H24N4O2.2C9H5F3N3.2C9H8N3.4C8H7N4.4Pt/c1-25(2)18-11-13-26(25,3)23-20(18)22-21-17-9-5-4-8-16(17)12-15-30(21)27(31(22)28-23)29-14-7-6-10-19(29)24(32)33-27;2*10-9(11,12)8-5-7(14-15-8)6-3-1-2-4-13-6;2*1-7-6-9(12-11-7)8-4-2-3-5-10-8;2*1-6-4-7(12-11-6)8-5-9-2-3-10-8;2*1-6-10-8(12-11-6)7-4-2-3-5-9-7;;;;/h4-10,12,14-15,18H,11,13H2,1-3H3;2*1-5H;2*2-6H,1H3;4*2-5H,1H3;;;;/q+2;8*-1;4*+2. The maximum absolute atomic E-state index is 13.1. The Balaban J connectivity index is 0.000000144. The summed E-state index contributed by atoms with van der Waals surface area (Å²) in [5, 5.41) is 67.2. The zero-order valence-corrected chi connectivity index (χ0v) is 83.8. The fraction of sp³-hybridized carbons (Fsp3) is 0.179. The molecule has 1 fully saturated rings. The Kier molecular flexibility index (Phi) is 33.9. The van der Waals surface area contributed by atoms with Crippen molar-refractivity contribution < 1.29 is 129 Å². The number of rotatable bonds is 8. The molecule has 24 rings (SSSR count). The fourth-order valence-electron chi connectivity index (χ4n) is 15.2. The number of fused-ring (bicyclic) bond motifs is 15. The zero-order valence-electron chi connectivity index (χ0n) is 74.7. The van der Waals surface area contributed by atoms with Crippen LogP contribution in [0.2, 0.25) is 0 Å². The van der Waals surface area contributed by atoms with E-state index in [-0.39, 0.29) is 112 Å². The molecule has 34 nitrogen and oxygen atoms in total. The van der Waals surface area contributed by atoms with Crippen LogP contribution < -0.4 is 49.9 Å². The van der Waals surface area contributed by atoms with Gasteiger partial charge in [-0.3, -0.25) is 60.0 Å². The fourth-order valence-corrected chi connectivity index (χ4v) is 15.2. The molecule has 3 unspecified atom stereocenters. The summed E-state index contributed by atoms with van der Waals surface area (Å²) in [5.41, 5.74) is 16.1. The van der Waals surface area contributed by atoms with E-state index >= 15 is 0 Å². The molecule has 710 valence electrons. The van der Waals surface area contributed by atoms with Crippen LogP contribution in [0.25, 0.3) is 114 Å². The van der Waals surface area contributed by atoms with E-state index in [1.807, 2.05) is 165 Å². The second-order valence-electron chi connectivity index (χ2n) is 31.3. The number of hydrogen-bond acceptors (Lipinski definition) is 23. The summed E-state index contributed by atoms with van der Waals surface area (Å²) in [5.74, 6) is 1.43. The molecule has 1 saturated carbocycles. The van der Waals surface area contributed by atoms with E-state index in [0.717, 1.165) is 121 Å². The minimum Gasteiger partial charge on any atom is -0.574 e. The molecular formula is C95H78F6N32O2Pt4+2. The van der Waals surface area contributed by atoms with Crippen molar-refractivity contribution in [3.05, 3.63) is 344 Å². The Morgan fingerprint density at radius 2 is 0.770 bits per heavy atom. The first-order chi connectivity index (χ1) is 65.2. The van der Waals surface area contributed by atoms with Crippen LogP contribution in [0.15, 0.2) is 281 Å². The molecule has 20 aromatic rings. The molecule has 0 radical (unpaired) electrons. The van der Waals surface area contributed by atoms with Crippen molar-refractivity contribution in [3.8, 4) is 103 Å². The van der Waals surface area contributed by atoms with E-state index in [1.165, 1.54) is 29.0 Å². The Hall–Kier alpha value is -14.6. The van der Waals surface area contributed by atoms with Crippen molar-refractivity contribution in [2.45, 2.75) is 105 Å². The molecule has 1 spiro atoms. The summed E-state index contributed by atoms with van der Waals surface area (Å²) in [7, 11) is 0. The molecule has 1 aromatic carbocycles. The van der Waals surface area contributed by atoms with Crippen LogP contribution in [0.5, 0.6) is 0 Å². The predicted molar refractivity (Wildman–Crippen MR) is 475 cm³/mol. The molecule has 44 heteroatoms. The molecule has 0 amide bonds. The van der Waals surface area contributed by atoms with Gasteiger partial charge in [0.15, 0.2) is 18.1 Å². The summed E-state index contributed by atoms with van der Waals surface area (Å²) in [6.07, 6.45) is 17.1. The number of aryl methyl sites for hydroxylation is 6. The van der Waals surface area contributed by atoms with E-state index in [1.54, 1.807) is 112 Å². The van der Waals surface area contributed by atoms with E-state index in [0.29, 0.717) is 46.3 Å². The first-order valence-electron chi connectivity index (χ1n) is 41.8. The van der Waals surface area contributed by atoms with Crippen LogP contribution in [-0.4, -0.2) is 116 Å². The monoisotopic (exact) mass is 2590 g/mol. The number of carbonyl (C=O) groups excluding carboxylic acids is 1. The number of halogens is 6. The Labute approximate surface area is 847 Å². The average Bonchev–Trinajstić information content (AvgIpc) is 1.48. The molecule has 139 heavy (non-hydrogen) atoms. The van der Waals surface area contributed by atoms with Gasteiger partial charge in [0, 0.05) is 148 Å². The molecule has 2 bridgehead atoms. The molecule has 19 aromatic heterocycles. The van der Waals surface area contributed by atoms with E-state index in [2.05, 4.69) is 197 Å². The molecule has 4 aliphatic rings. The number of aromatic nitrogens is 32. The molecule has 2 aliphatic carbocycles. The average molecular weight is 2590 g/mol. The molecule has 21 heterocycles. The number of benzene rings is 1. The van der Waals surface area contributed by atoms with Crippen LogP contribution in [-0.2, 0) is 113 Å². The van der Waals surface area contributed by atoms with Crippen LogP contribution >= 0.6 is 0 Å². The summed E-state index contributed by atoms with van der Waals surface area (Å²) < 4.78 is 85.5. The number of ether oxygens (including phenoxy) is 1. The van der Waals surface area contributed by atoms with Crippen molar-refractivity contribution in [1.29, 1.82) is 0 Å². The van der Waals surface area contributed by atoms with Gasteiger partial charge in [0.2, 0.25) is 0 Å². The third-order valence-corrected chi connectivity index (χ3v) is 21.9. The van der Waals surface area contributed by atoms with Gasteiger partial charge < -0.3 is 86.1 Å². The van der Waals surface area contributed by atoms with Gasteiger partial charge in [0.25, 0.3) is 5.69 Å². The smallest absolute Gasteiger partial charge is 0.574 e. The number of alkyl halides is 6. The summed E-state index contributed by atoms with van der Waals surface area (Å²) >= 11 is 0. The molecule has 0 saturated heterocycles. The number of pyridine rings is 8. The normalized spacial score (nSPS) is 14.7. The minimum atomic E-state index is -4.46. The summed E-state index contributed by atoms with van der Waals surface area (Å²) in [6.45, 7) is 18.4. The zero-order chi connectivity index (χ0) is 94.4. The van der Waals surface area contributed by atoms with Gasteiger partial charge in [0.1, 0.15) is 11.4 Å². The van der Waals surface area contributed by atoms with Crippen LogP contribution in [0.1, 0.15) is 107 Å². The van der Waals surface area contributed by atoms with Crippen LogP contribution in [0.4, 0.5) is 26.3 Å². The molecule has 2 aliphatic heterocycles. The SMILES string of the molecule is CC12CCC(c3c1nn1c3-c3c4ccccc4cc[n+]3C13OC(=O)c1cccc[n+]13)C2(C)C.Cc1cc(-c2ccccn2)[n-]n1.Cc1cc(-c2ccccn2)[n-]n1.Cc1cc(-c2cnccn2)[n-]n1.Cc1cc(-c2cnccn2)[n-]n1.Cc1n[n-]c(-c2ccccn2)n1.Cc1n[n-]c(-c2ccccn2)n1.FC(F)(F)c1cc(-c2ccccn2)[n-]n1.FC(F)(F)c1cc(-c2ccccn2)[n-]n1.[Pt+2].[Pt+2].[Pt+2].[Pt+2]. The number of esters is 1. The third-order valence-electron chi connectivity index (χ3n) is 21.9. The van der Waals surface area contributed by atoms with Crippen molar-refractivity contribution in [2.75, 3.05) is 0 Å². The van der Waals surface area contributed by atoms with Crippen molar-refractivity contribution in [1.82, 2.24) is 151 Å². The minimum absolute atomic E-state index is 0. The van der Waals surface area contributed by atoms with Gasteiger partial charge in [0.05, 0.1) is 46.2 Å². The third kappa shape index (κ3) is 23.5. The van der Waals surface area contributed by atoms with E-state index in [9.17, 15) is 31.1 Å². The van der Waals surface area contributed by atoms with Gasteiger partial charge in [-0.15, -0.1) is 0 Å².